The van der Waals surface area contributed by atoms with Crippen molar-refractivity contribution in [2.45, 2.75) is 56.5 Å². The molecule has 1 spiro atoms. The molecule has 24 heavy (non-hydrogen) atoms. The van der Waals surface area contributed by atoms with Gasteiger partial charge in [0.05, 0.1) is 11.6 Å². The standard InChI is InChI=1S/C17H29N3O4/c21-9-1-2-13-5-8-20(12-13)16(23)18-14-3-4-15(22)19-17(14)6-10-24-11-7-17/h13-14,21H,1-12H2,(H,18,23)(H,19,22). The molecule has 3 amide bonds. The highest BCUT2D eigenvalue weighted by Crippen LogP contribution is 2.31. The Morgan fingerprint density at radius 2 is 2.17 bits per heavy atom. The number of nitrogens with zero attached hydrogens (tertiary/aromatic N) is 1. The fourth-order valence-electron chi connectivity index (χ4n) is 4.27. The van der Waals surface area contributed by atoms with Crippen LogP contribution in [-0.2, 0) is 9.53 Å². The highest BCUT2D eigenvalue weighted by molar-refractivity contribution is 5.79. The number of piperidine rings is 1. The monoisotopic (exact) mass is 339 g/mol. The van der Waals surface area contributed by atoms with Crippen LogP contribution in [0.1, 0.15) is 44.9 Å². The van der Waals surface area contributed by atoms with Crippen molar-refractivity contribution in [3.8, 4) is 0 Å². The van der Waals surface area contributed by atoms with E-state index in [0.717, 1.165) is 45.2 Å². The molecule has 3 rings (SSSR count). The Hall–Kier alpha value is -1.34. The summed E-state index contributed by atoms with van der Waals surface area (Å²) in [6.07, 6.45) is 5.45. The largest absolute Gasteiger partial charge is 0.396 e. The molecule has 0 aromatic heterocycles. The number of rotatable bonds is 4. The Morgan fingerprint density at radius 1 is 1.38 bits per heavy atom. The van der Waals surface area contributed by atoms with Crippen LogP contribution in [0.4, 0.5) is 4.79 Å². The van der Waals surface area contributed by atoms with E-state index in [1.165, 1.54) is 0 Å². The number of amides is 3. The number of aliphatic hydroxyl groups excluding tert-OH is 1. The lowest BCUT2D eigenvalue weighted by atomic mass is 9.77. The number of hydrogen-bond donors (Lipinski definition) is 3. The van der Waals surface area contributed by atoms with Gasteiger partial charge in [0.1, 0.15) is 0 Å². The minimum atomic E-state index is -0.348. The predicted molar refractivity (Wildman–Crippen MR) is 88.5 cm³/mol. The summed E-state index contributed by atoms with van der Waals surface area (Å²) in [5.74, 6) is 0.568. The van der Waals surface area contributed by atoms with Gasteiger partial charge in [0.2, 0.25) is 5.91 Å². The molecule has 136 valence electrons. The number of nitrogens with one attached hydrogen (secondary N) is 2. The number of carbonyl (C=O) groups excluding carboxylic acids is 2. The van der Waals surface area contributed by atoms with Gasteiger partial charge >= 0.3 is 6.03 Å². The van der Waals surface area contributed by atoms with Gasteiger partial charge in [-0.2, -0.15) is 0 Å². The van der Waals surface area contributed by atoms with E-state index in [-0.39, 0.29) is 30.1 Å². The van der Waals surface area contributed by atoms with Crippen molar-refractivity contribution in [1.82, 2.24) is 15.5 Å². The lowest BCUT2D eigenvalue weighted by molar-refractivity contribution is -0.128. The van der Waals surface area contributed by atoms with Crippen LogP contribution in [0.3, 0.4) is 0 Å². The Morgan fingerprint density at radius 3 is 2.92 bits per heavy atom. The molecule has 3 N–H and O–H groups in total. The van der Waals surface area contributed by atoms with Crippen LogP contribution in [0, 0.1) is 5.92 Å². The number of likely N-dealkylation sites (tertiary alicyclic amines) is 1. The van der Waals surface area contributed by atoms with Crippen LogP contribution < -0.4 is 10.6 Å². The van der Waals surface area contributed by atoms with E-state index in [1.807, 2.05) is 4.90 Å². The van der Waals surface area contributed by atoms with Crippen LogP contribution >= 0.6 is 0 Å². The molecule has 7 nitrogen and oxygen atoms in total. The zero-order valence-electron chi connectivity index (χ0n) is 14.3. The quantitative estimate of drug-likeness (QED) is 0.700. The lowest BCUT2D eigenvalue weighted by Gasteiger charge is -2.47. The van der Waals surface area contributed by atoms with Gasteiger partial charge in [0, 0.05) is 39.3 Å². The first kappa shape index (κ1) is 17.5. The van der Waals surface area contributed by atoms with E-state index in [4.69, 9.17) is 9.84 Å². The van der Waals surface area contributed by atoms with Crippen LogP contribution in [0.2, 0.25) is 0 Å². The molecule has 0 saturated carbocycles. The van der Waals surface area contributed by atoms with Crippen molar-refractivity contribution < 1.29 is 19.4 Å². The molecule has 2 atom stereocenters. The van der Waals surface area contributed by atoms with E-state index in [9.17, 15) is 9.59 Å². The third kappa shape index (κ3) is 3.83. The summed E-state index contributed by atoms with van der Waals surface area (Å²) in [7, 11) is 0. The number of carbonyl (C=O) groups is 2. The molecule has 2 unspecified atom stereocenters. The fourth-order valence-corrected chi connectivity index (χ4v) is 4.27. The first-order valence-electron chi connectivity index (χ1n) is 9.18. The van der Waals surface area contributed by atoms with Crippen molar-refractivity contribution in [3.63, 3.8) is 0 Å². The first-order valence-corrected chi connectivity index (χ1v) is 9.18. The highest BCUT2D eigenvalue weighted by Gasteiger charge is 2.45. The average Bonchev–Trinajstić information content (AvgIpc) is 3.05. The molecule has 0 aromatic rings. The summed E-state index contributed by atoms with van der Waals surface area (Å²) in [5.41, 5.74) is -0.348. The Balaban J connectivity index is 1.57. The maximum atomic E-state index is 12.7. The molecule has 3 heterocycles. The van der Waals surface area contributed by atoms with Gasteiger partial charge < -0.3 is 25.4 Å². The van der Waals surface area contributed by atoms with Gasteiger partial charge in [-0.05, 0) is 44.4 Å². The van der Waals surface area contributed by atoms with E-state index >= 15 is 0 Å². The highest BCUT2D eigenvalue weighted by atomic mass is 16.5. The van der Waals surface area contributed by atoms with Crippen LogP contribution in [0.5, 0.6) is 0 Å². The summed E-state index contributed by atoms with van der Waals surface area (Å²) in [5, 5.41) is 15.3. The van der Waals surface area contributed by atoms with E-state index in [2.05, 4.69) is 10.6 Å². The Bertz CT molecular complexity index is 465. The SMILES string of the molecule is O=C1CCC(NC(=O)N2CCC(CCCO)C2)C2(CCOCC2)N1. The third-order valence-corrected chi connectivity index (χ3v) is 5.74. The lowest BCUT2D eigenvalue weighted by Crippen LogP contribution is -2.67. The van der Waals surface area contributed by atoms with E-state index in [1.54, 1.807) is 0 Å². The minimum Gasteiger partial charge on any atom is -0.396 e. The van der Waals surface area contributed by atoms with Crippen molar-refractivity contribution >= 4 is 11.9 Å². The van der Waals surface area contributed by atoms with Crippen LogP contribution in [-0.4, -0.2) is 66.4 Å². The van der Waals surface area contributed by atoms with E-state index < -0.39 is 0 Å². The summed E-state index contributed by atoms with van der Waals surface area (Å²) in [4.78, 5) is 26.4. The smallest absolute Gasteiger partial charge is 0.317 e. The minimum absolute atomic E-state index is 0.0199. The molecule has 3 aliphatic rings. The molecule has 3 saturated heterocycles. The molecule has 0 radical (unpaired) electrons. The molecule has 7 heteroatoms. The fraction of sp³-hybridized carbons (Fsp3) is 0.882. The van der Waals surface area contributed by atoms with Gasteiger partial charge in [0.15, 0.2) is 0 Å². The predicted octanol–water partition coefficient (Wildman–Crippen LogP) is 0.618. The molecule has 0 bridgehead atoms. The van der Waals surface area contributed by atoms with E-state index in [0.29, 0.717) is 32.0 Å². The molecule has 3 aliphatic heterocycles. The normalized spacial score (nSPS) is 29.5. The number of hydrogen-bond acceptors (Lipinski definition) is 4. The average molecular weight is 339 g/mol. The van der Waals surface area contributed by atoms with Crippen molar-refractivity contribution in [1.29, 1.82) is 0 Å². The van der Waals surface area contributed by atoms with Crippen molar-refractivity contribution in [2.75, 3.05) is 32.9 Å². The second-order valence-electron chi connectivity index (χ2n) is 7.32. The molecule has 3 fully saturated rings. The van der Waals surface area contributed by atoms with Gasteiger partial charge in [-0.25, -0.2) is 4.79 Å². The Labute approximate surface area is 143 Å². The topological polar surface area (TPSA) is 90.9 Å². The molecule has 0 aliphatic carbocycles. The van der Waals surface area contributed by atoms with Gasteiger partial charge in [-0.15, -0.1) is 0 Å². The Kier molecular flexibility index (Phi) is 5.61. The number of aliphatic hydroxyl groups is 1. The summed E-state index contributed by atoms with van der Waals surface area (Å²) < 4.78 is 5.44. The van der Waals surface area contributed by atoms with Gasteiger partial charge in [-0.1, -0.05) is 0 Å². The van der Waals surface area contributed by atoms with Crippen molar-refractivity contribution in [3.05, 3.63) is 0 Å². The van der Waals surface area contributed by atoms with Gasteiger partial charge in [0.25, 0.3) is 0 Å². The van der Waals surface area contributed by atoms with Crippen LogP contribution in [0.25, 0.3) is 0 Å². The summed E-state index contributed by atoms with van der Waals surface area (Å²) in [6.45, 7) is 3.01. The molecule has 0 aromatic carbocycles. The van der Waals surface area contributed by atoms with Crippen molar-refractivity contribution in [2.24, 2.45) is 5.92 Å². The van der Waals surface area contributed by atoms with Crippen LogP contribution in [0.15, 0.2) is 0 Å². The zero-order chi connectivity index (χ0) is 17.0. The number of ether oxygens (including phenoxy) is 1. The summed E-state index contributed by atoms with van der Waals surface area (Å²) >= 11 is 0. The second-order valence-corrected chi connectivity index (χ2v) is 7.32. The first-order chi connectivity index (χ1) is 11.6. The second kappa shape index (κ2) is 7.70. The molecular formula is C17H29N3O4. The summed E-state index contributed by atoms with van der Waals surface area (Å²) in [6, 6.07) is -0.0448. The van der Waals surface area contributed by atoms with Gasteiger partial charge in [-0.3, -0.25) is 4.79 Å². The number of urea groups is 1. The maximum Gasteiger partial charge on any atom is 0.317 e. The third-order valence-electron chi connectivity index (χ3n) is 5.74. The maximum absolute atomic E-state index is 12.7. The zero-order valence-corrected chi connectivity index (χ0v) is 14.3. The molecular weight excluding hydrogens is 310 g/mol.